The lowest BCUT2D eigenvalue weighted by Gasteiger charge is -2.11. The smallest absolute Gasteiger partial charge is 0.150 e. The third kappa shape index (κ3) is 4.81. The summed E-state index contributed by atoms with van der Waals surface area (Å²) in [6, 6.07) is 3.65. The quantitative estimate of drug-likeness (QED) is 0.503. The Labute approximate surface area is 118 Å². The molecule has 18 heavy (non-hydrogen) atoms. The predicted molar refractivity (Wildman–Crippen MR) is 78.5 cm³/mol. The normalized spacial score (nSPS) is 10.4. The number of hydrogen-bond donors (Lipinski definition) is 0. The molecule has 0 heterocycles. The van der Waals surface area contributed by atoms with Gasteiger partial charge in [-0.3, -0.25) is 4.79 Å². The number of hydrogen-bond acceptors (Lipinski definition) is 2. The maximum atomic E-state index is 10.7. The Hall–Kier alpha value is -0.830. The fraction of sp³-hybridized carbons (Fsp3) is 0.533. The van der Waals surface area contributed by atoms with Gasteiger partial charge in [0.15, 0.2) is 0 Å². The summed E-state index contributed by atoms with van der Waals surface area (Å²) in [5.74, 6) is 0.857. The number of benzene rings is 1. The Morgan fingerprint density at radius 1 is 1.22 bits per heavy atom. The van der Waals surface area contributed by atoms with E-state index in [1.54, 1.807) is 6.07 Å². The zero-order valence-corrected chi connectivity index (χ0v) is 12.8. The molecule has 0 aliphatic heterocycles. The summed E-state index contributed by atoms with van der Waals surface area (Å²) in [6.45, 7) is 4.92. The number of carbonyl (C=O) groups excluding carboxylic acids is 1. The standard InChI is InChI=1S/C15H21BrO2/c1-3-4-5-6-7-8-18-15-12(2)9-13(11-17)10-14(15)16/h9-11H,3-8H2,1-2H3. The molecule has 2 nitrogen and oxygen atoms in total. The van der Waals surface area contributed by atoms with E-state index in [1.807, 2.05) is 13.0 Å². The molecule has 1 aromatic rings. The van der Waals surface area contributed by atoms with Crippen molar-refractivity contribution in [2.75, 3.05) is 6.61 Å². The second-order valence-corrected chi connectivity index (χ2v) is 5.38. The Kier molecular flexibility index (Phi) is 7.02. The maximum absolute atomic E-state index is 10.7. The molecule has 0 saturated carbocycles. The van der Waals surface area contributed by atoms with Gasteiger partial charge in [-0.2, -0.15) is 0 Å². The third-order valence-electron chi connectivity index (χ3n) is 2.88. The molecule has 0 N–H and O–H groups in total. The fourth-order valence-electron chi connectivity index (χ4n) is 1.89. The lowest BCUT2D eigenvalue weighted by molar-refractivity contribution is 0.112. The lowest BCUT2D eigenvalue weighted by Crippen LogP contribution is -2.00. The number of rotatable bonds is 8. The average molecular weight is 313 g/mol. The number of ether oxygens (including phenoxy) is 1. The number of aryl methyl sites for hydroxylation is 1. The van der Waals surface area contributed by atoms with Crippen molar-refractivity contribution in [3.05, 3.63) is 27.7 Å². The average Bonchev–Trinajstić information content (AvgIpc) is 2.35. The lowest BCUT2D eigenvalue weighted by atomic mass is 10.1. The summed E-state index contributed by atoms with van der Waals surface area (Å²) in [7, 11) is 0. The topological polar surface area (TPSA) is 26.3 Å². The molecule has 0 spiro atoms. The van der Waals surface area contributed by atoms with Crippen LogP contribution in [0, 0.1) is 6.92 Å². The molecular formula is C15H21BrO2. The molecule has 0 unspecified atom stereocenters. The van der Waals surface area contributed by atoms with Crippen molar-refractivity contribution in [2.45, 2.75) is 46.0 Å². The highest BCUT2D eigenvalue weighted by Gasteiger charge is 2.07. The van der Waals surface area contributed by atoms with Gasteiger partial charge in [0.1, 0.15) is 12.0 Å². The van der Waals surface area contributed by atoms with Crippen LogP contribution in [0.4, 0.5) is 0 Å². The summed E-state index contributed by atoms with van der Waals surface area (Å²) in [5, 5.41) is 0. The Morgan fingerprint density at radius 3 is 2.56 bits per heavy atom. The molecule has 0 aliphatic carbocycles. The minimum Gasteiger partial charge on any atom is -0.492 e. The highest BCUT2D eigenvalue weighted by molar-refractivity contribution is 9.10. The molecule has 0 aromatic heterocycles. The minimum absolute atomic E-state index is 0.676. The van der Waals surface area contributed by atoms with Gasteiger partial charge in [-0.05, 0) is 47.0 Å². The number of halogens is 1. The van der Waals surface area contributed by atoms with E-state index in [1.165, 1.54) is 25.7 Å². The Balaban J connectivity index is 2.45. The highest BCUT2D eigenvalue weighted by atomic mass is 79.9. The third-order valence-corrected chi connectivity index (χ3v) is 3.47. The van der Waals surface area contributed by atoms with E-state index >= 15 is 0 Å². The highest BCUT2D eigenvalue weighted by Crippen LogP contribution is 2.30. The van der Waals surface area contributed by atoms with Gasteiger partial charge in [0, 0.05) is 5.56 Å². The summed E-state index contributed by atoms with van der Waals surface area (Å²) in [6.07, 6.45) is 7.00. The van der Waals surface area contributed by atoms with E-state index in [4.69, 9.17) is 4.74 Å². The molecule has 1 aromatic carbocycles. The van der Waals surface area contributed by atoms with Crippen LogP contribution in [-0.4, -0.2) is 12.9 Å². The number of carbonyl (C=O) groups is 1. The molecule has 1 rings (SSSR count). The second kappa shape index (κ2) is 8.30. The molecule has 0 aliphatic rings. The first-order chi connectivity index (χ1) is 8.69. The van der Waals surface area contributed by atoms with Gasteiger partial charge in [0.2, 0.25) is 0 Å². The van der Waals surface area contributed by atoms with Gasteiger partial charge in [0.05, 0.1) is 11.1 Å². The van der Waals surface area contributed by atoms with Crippen LogP contribution >= 0.6 is 15.9 Å². The van der Waals surface area contributed by atoms with Crippen molar-refractivity contribution >= 4 is 22.2 Å². The van der Waals surface area contributed by atoms with Gasteiger partial charge in [-0.1, -0.05) is 32.6 Å². The van der Waals surface area contributed by atoms with E-state index in [0.717, 1.165) is 35.1 Å². The van der Waals surface area contributed by atoms with Crippen molar-refractivity contribution in [1.82, 2.24) is 0 Å². The molecule has 0 saturated heterocycles. The molecule has 0 atom stereocenters. The van der Waals surface area contributed by atoms with Gasteiger partial charge < -0.3 is 4.74 Å². The van der Waals surface area contributed by atoms with E-state index in [9.17, 15) is 4.79 Å². The van der Waals surface area contributed by atoms with Crippen LogP contribution in [0.3, 0.4) is 0 Å². The Bertz CT molecular complexity index is 365. The second-order valence-electron chi connectivity index (χ2n) is 4.53. The summed E-state index contributed by atoms with van der Waals surface area (Å²) in [5.41, 5.74) is 1.68. The monoisotopic (exact) mass is 312 g/mol. The zero-order valence-electron chi connectivity index (χ0n) is 11.2. The molecule has 0 radical (unpaired) electrons. The molecule has 0 bridgehead atoms. The molecule has 100 valence electrons. The largest absolute Gasteiger partial charge is 0.492 e. The first-order valence-electron chi connectivity index (χ1n) is 6.57. The summed E-state index contributed by atoms with van der Waals surface area (Å²) < 4.78 is 6.64. The van der Waals surface area contributed by atoms with Crippen LogP contribution in [0.1, 0.15) is 54.9 Å². The van der Waals surface area contributed by atoms with Gasteiger partial charge in [-0.15, -0.1) is 0 Å². The number of unbranched alkanes of at least 4 members (excludes halogenated alkanes) is 4. The van der Waals surface area contributed by atoms with Gasteiger partial charge in [-0.25, -0.2) is 0 Å². The van der Waals surface area contributed by atoms with Crippen LogP contribution in [-0.2, 0) is 0 Å². The van der Waals surface area contributed by atoms with Crippen molar-refractivity contribution in [3.63, 3.8) is 0 Å². The van der Waals surface area contributed by atoms with Crippen LogP contribution in [0.15, 0.2) is 16.6 Å². The zero-order chi connectivity index (χ0) is 13.4. The summed E-state index contributed by atoms with van der Waals surface area (Å²) >= 11 is 3.45. The van der Waals surface area contributed by atoms with Crippen LogP contribution in [0.5, 0.6) is 5.75 Å². The minimum atomic E-state index is 0.676. The predicted octanol–water partition coefficient (Wildman–Crippen LogP) is 4.92. The first kappa shape index (κ1) is 15.2. The molecule has 0 fully saturated rings. The van der Waals surface area contributed by atoms with Crippen LogP contribution in [0.25, 0.3) is 0 Å². The molecule has 3 heteroatoms. The first-order valence-corrected chi connectivity index (χ1v) is 7.36. The van der Waals surface area contributed by atoms with Crippen molar-refractivity contribution < 1.29 is 9.53 Å². The Morgan fingerprint density at radius 2 is 1.94 bits per heavy atom. The molecular weight excluding hydrogens is 292 g/mol. The summed E-state index contributed by atoms with van der Waals surface area (Å²) in [4.78, 5) is 10.7. The van der Waals surface area contributed by atoms with E-state index in [-0.39, 0.29) is 0 Å². The van der Waals surface area contributed by atoms with Gasteiger partial charge >= 0.3 is 0 Å². The number of aldehydes is 1. The van der Waals surface area contributed by atoms with Gasteiger partial charge in [0.25, 0.3) is 0 Å². The SMILES string of the molecule is CCCCCCCOc1c(C)cc(C=O)cc1Br. The van der Waals surface area contributed by atoms with Crippen molar-refractivity contribution in [3.8, 4) is 5.75 Å². The molecule has 0 amide bonds. The van der Waals surface area contributed by atoms with Crippen LogP contribution in [0.2, 0.25) is 0 Å². The van der Waals surface area contributed by atoms with Crippen molar-refractivity contribution in [1.29, 1.82) is 0 Å². The van der Waals surface area contributed by atoms with E-state index in [0.29, 0.717) is 5.56 Å². The van der Waals surface area contributed by atoms with E-state index < -0.39 is 0 Å². The van der Waals surface area contributed by atoms with E-state index in [2.05, 4.69) is 22.9 Å². The maximum Gasteiger partial charge on any atom is 0.150 e. The van der Waals surface area contributed by atoms with Crippen LogP contribution < -0.4 is 4.74 Å². The fourth-order valence-corrected chi connectivity index (χ4v) is 2.58. The van der Waals surface area contributed by atoms with Crippen molar-refractivity contribution in [2.24, 2.45) is 0 Å².